The predicted octanol–water partition coefficient (Wildman–Crippen LogP) is 0.663. The molecule has 1 saturated heterocycles. The van der Waals surface area contributed by atoms with Gasteiger partial charge in [-0.3, -0.25) is 0 Å². The van der Waals surface area contributed by atoms with Gasteiger partial charge in [-0.25, -0.2) is 8.42 Å². The topological polar surface area (TPSA) is 88.4 Å². The van der Waals surface area contributed by atoms with Crippen LogP contribution in [0, 0.1) is 0 Å². The van der Waals surface area contributed by atoms with Gasteiger partial charge in [-0.1, -0.05) is 6.92 Å². The molecule has 7 heteroatoms. The molecule has 19 heavy (non-hydrogen) atoms. The van der Waals surface area contributed by atoms with Gasteiger partial charge in [-0.2, -0.15) is 4.31 Å². The van der Waals surface area contributed by atoms with Crippen molar-refractivity contribution in [2.75, 3.05) is 19.7 Å². The van der Waals surface area contributed by atoms with E-state index in [9.17, 15) is 8.42 Å². The summed E-state index contributed by atoms with van der Waals surface area (Å²) in [5, 5.41) is 0. The molecule has 1 aromatic heterocycles. The minimum atomic E-state index is -3.46. The molecular weight excluding hydrogens is 266 g/mol. The fourth-order valence-electron chi connectivity index (χ4n) is 2.25. The zero-order valence-electron chi connectivity index (χ0n) is 11.1. The highest BCUT2D eigenvalue weighted by molar-refractivity contribution is 7.89. The molecule has 2 rings (SSSR count). The third kappa shape index (κ3) is 3.17. The summed E-state index contributed by atoms with van der Waals surface area (Å²) in [5.41, 5.74) is 6.20. The van der Waals surface area contributed by atoms with Gasteiger partial charge in [0.05, 0.1) is 11.0 Å². The SMILES string of the molecule is CCN(CC1CCCO1)S(=O)(=O)c1c[nH]c(CN)c1. The van der Waals surface area contributed by atoms with E-state index in [-0.39, 0.29) is 11.0 Å². The first kappa shape index (κ1) is 14.5. The normalized spacial score (nSPS) is 20.3. The van der Waals surface area contributed by atoms with E-state index in [4.69, 9.17) is 10.5 Å². The highest BCUT2D eigenvalue weighted by Crippen LogP contribution is 2.20. The van der Waals surface area contributed by atoms with E-state index in [2.05, 4.69) is 4.98 Å². The number of H-pyrrole nitrogens is 1. The molecule has 0 saturated carbocycles. The number of rotatable bonds is 6. The number of aromatic amines is 1. The van der Waals surface area contributed by atoms with Gasteiger partial charge in [0.15, 0.2) is 0 Å². The van der Waals surface area contributed by atoms with Crippen molar-refractivity contribution in [2.24, 2.45) is 5.73 Å². The van der Waals surface area contributed by atoms with Gasteiger partial charge in [0, 0.05) is 38.1 Å². The molecule has 108 valence electrons. The number of sulfonamides is 1. The van der Waals surface area contributed by atoms with Crippen molar-refractivity contribution < 1.29 is 13.2 Å². The maximum absolute atomic E-state index is 12.5. The van der Waals surface area contributed by atoms with Crippen LogP contribution in [0.15, 0.2) is 17.2 Å². The Hall–Kier alpha value is -0.890. The summed E-state index contributed by atoms with van der Waals surface area (Å²) in [6.45, 7) is 3.72. The number of hydrogen-bond donors (Lipinski definition) is 2. The molecule has 0 radical (unpaired) electrons. The lowest BCUT2D eigenvalue weighted by molar-refractivity contribution is 0.0947. The zero-order chi connectivity index (χ0) is 13.9. The van der Waals surface area contributed by atoms with Crippen molar-refractivity contribution in [3.63, 3.8) is 0 Å². The first-order chi connectivity index (χ1) is 9.07. The molecular formula is C12H21N3O3S. The Labute approximate surface area is 114 Å². The standard InChI is InChI=1S/C12H21N3O3S/c1-2-15(9-11-4-3-5-18-11)19(16,17)12-6-10(7-13)14-8-12/h6,8,11,14H,2-5,7,9,13H2,1H3. The molecule has 0 bridgehead atoms. The second-order valence-corrected chi connectivity index (χ2v) is 6.59. The van der Waals surface area contributed by atoms with Gasteiger partial charge in [-0.15, -0.1) is 0 Å². The monoisotopic (exact) mass is 287 g/mol. The van der Waals surface area contributed by atoms with Crippen LogP contribution in [0.4, 0.5) is 0 Å². The molecule has 1 unspecified atom stereocenters. The van der Waals surface area contributed by atoms with E-state index in [0.717, 1.165) is 19.4 Å². The van der Waals surface area contributed by atoms with Crippen molar-refractivity contribution >= 4 is 10.0 Å². The fraction of sp³-hybridized carbons (Fsp3) is 0.667. The largest absolute Gasteiger partial charge is 0.377 e. The Morgan fingerprint density at radius 2 is 2.37 bits per heavy atom. The lowest BCUT2D eigenvalue weighted by Crippen LogP contribution is -2.37. The smallest absolute Gasteiger partial charge is 0.244 e. The highest BCUT2D eigenvalue weighted by Gasteiger charge is 2.28. The maximum atomic E-state index is 12.5. The van der Waals surface area contributed by atoms with Crippen LogP contribution in [0.1, 0.15) is 25.5 Å². The van der Waals surface area contributed by atoms with E-state index >= 15 is 0 Å². The molecule has 2 heterocycles. The molecule has 3 N–H and O–H groups in total. The lowest BCUT2D eigenvalue weighted by atomic mass is 10.2. The molecule has 0 aromatic carbocycles. The summed E-state index contributed by atoms with van der Waals surface area (Å²) in [5.74, 6) is 0. The molecule has 0 amide bonds. The van der Waals surface area contributed by atoms with Crippen molar-refractivity contribution in [2.45, 2.75) is 37.3 Å². The average Bonchev–Trinajstić information content (AvgIpc) is 3.06. The van der Waals surface area contributed by atoms with Crippen LogP contribution in [-0.4, -0.2) is 43.5 Å². The van der Waals surface area contributed by atoms with Gasteiger partial charge in [0.2, 0.25) is 10.0 Å². The van der Waals surface area contributed by atoms with Crippen LogP contribution < -0.4 is 5.73 Å². The molecule has 1 aromatic rings. The fourth-order valence-corrected chi connectivity index (χ4v) is 3.75. The van der Waals surface area contributed by atoms with E-state index in [1.165, 1.54) is 10.5 Å². The van der Waals surface area contributed by atoms with Gasteiger partial charge < -0.3 is 15.5 Å². The summed E-state index contributed by atoms with van der Waals surface area (Å²) in [6, 6.07) is 1.59. The number of aromatic nitrogens is 1. The Morgan fingerprint density at radius 1 is 1.58 bits per heavy atom. The molecule has 1 aliphatic rings. The molecule has 6 nitrogen and oxygen atoms in total. The summed E-state index contributed by atoms with van der Waals surface area (Å²) in [7, 11) is -3.46. The number of nitrogens with one attached hydrogen (secondary N) is 1. The van der Waals surface area contributed by atoms with Gasteiger partial charge in [0.25, 0.3) is 0 Å². The van der Waals surface area contributed by atoms with Crippen molar-refractivity contribution in [3.8, 4) is 0 Å². The van der Waals surface area contributed by atoms with Crippen molar-refractivity contribution in [1.29, 1.82) is 0 Å². The Kier molecular flexibility index (Phi) is 4.62. The summed E-state index contributed by atoms with van der Waals surface area (Å²) in [6.07, 6.45) is 3.44. The van der Waals surface area contributed by atoms with Crippen LogP contribution in [0.5, 0.6) is 0 Å². The first-order valence-corrected chi connectivity index (χ1v) is 8.01. The Balaban J connectivity index is 2.15. The van der Waals surface area contributed by atoms with Crippen molar-refractivity contribution in [1.82, 2.24) is 9.29 Å². The average molecular weight is 287 g/mol. The number of likely N-dealkylation sites (N-methyl/N-ethyl adjacent to an activating group) is 1. The molecule has 0 spiro atoms. The number of nitrogens with zero attached hydrogens (tertiary/aromatic N) is 1. The van der Waals surface area contributed by atoms with E-state index < -0.39 is 10.0 Å². The lowest BCUT2D eigenvalue weighted by Gasteiger charge is -2.22. The Morgan fingerprint density at radius 3 is 2.89 bits per heavy atom. The second-order valence-electron chi connectivity index (χ2n) is 4.66. The van der Waals surface area contributed by atoms with Crippen molar-refractivity contribution in [3.05, 3.63) is 18.0 Å². The molecule has 1 atom stereocenters. The molecule has 1 fully saturated rings. The van der Waals surface area contributed by atoms with Crippen LogP contribution in [0.25, 0.3) is 0 Å². The van der Waals surface area contributed by atoms with Crippen LogP contribution >= 0.6 is 0 Å². The van der Waals surface area contributed by atoms with E-state index in [1.807, 2.05) is 6.92 Å². The second kappa shape index (κ2) is 6.04. The Bertz CT molecular complexity index is 506. The van der Waals surface area contributed by atoms with Gasteiger partial charge in [-0.05, 0) is 18.9 Å². The van der Waals surface area contributed by atoms with E-state index in [0.29, 0.717) is 25.3 Å². The number of ether oxygens (including phenoxy) is 1. The summed E-state index contributed by atoms with van der Waals surface area (Å²) < 4.78 is 32.0. The molecule has 0 aliphatic carbocycles. The van der Waals surface area contributed by atoms with Crippen LogP contribution in [-0.2, 0) is 21.3 Å². The quantitative estimate of drug-likeness (QED) is 0.804. The summed E-state index contributed by atoms with van der Waals surface area (Å²) in [4.78, 5) is 3.14. The van der Waals surface area contributed by atoms with Crippen LogP contribution in [0.2, 0.25) is 0 Å². The number of nitrogens with two attached hydrogens (primary N) is 1. The van der Waals surface area contributed by atoms with Gasteiger partial charge in [0.1, 0.15) is 0 Å². The summed E-state index contributed by atoms with van der Waals surface area (Å²) >= 11 is 0. The van der Waals surface area contributed by atoms with Gasteiger partial charge >= 0.3 is 0 Å². The third-order valence-corrected chi connectivity index (χ3v) is 5.28. The number of hydrogen-bond acceptors (Lipinski definition) is 4. The first-order valence-electron chi connectivity index (χ1n) is 6.57. The predicted molar refractivity (Wildman–Crippen MR) is 72.1 cm³/mol. The zero-order valence-corrected chi connectivity index (χ0v) is 11.9. The third-order valence-electron chi connectivity index (χ3n) is 3.36. The maximum Gasteiger partial charge on any atom is 0.244 e. The van der Waals surface area contributed by atoms with E-state index in [1.54, 1.807) is 6.07 Å². The highest BCUT2D eigenvalue weighted by atomic mass is 32.2. The van der Waals surface area contributed by atoms with Crippen LogP contribution in [0.3, 0.4) is 0 Å². The molecule has 1 aliphatic heterocycles. The minimum Gasteiger partial charge on any atom is -0.377 e. The minimum absolute atomic E-state index is 0.0163.